The van der Waals surface area contributed by atoms with Crippen molar-refractivity contribution in [2.45, 2.75) is 19.8 Å². The summed E-state index contributed by atoms with van der Waals surface area (Å²) in [6, 6.07) is 5.10. The number of esters is 2. The number of aromatic nitrogens is 1. The second-order valence-corrected chi connectivity index (χ2v) is 4.30. The van der Waals surface area contributed by atoms with E-state index in [1.165, 1.54) is 7.11 Å². The van der Waals surface area contributed by atoms with Gasteiger partial charge >= 0.3 is 11.9 Å². The van der Waals surface area contributed by atoms with Crippen LogP contribution in [0.15, 0.2) is 22.6 Å². The zero-order chi connectivity index (χ0) is 16.1. The minimum absolute atomic E-state index is 0.0728. The first-order valence-electron chi connectivity index (χ1n) is 6.89. The van der Waals surface area contributed by atoms with E-state index in [4.69, 9.17) is 18.6 Å². The molecule has 0 aliphatic heterocycles. The first-order chi connectivity index (χ1) is 10.6. The lowest BCUT2D eigenvalue weighted by molar-refractivity contribution is -0.157. The third-order valence-corrected chi connectivity index (χ3v) is 2.91. The Bertz CT molecular complexity index is 660. The van der Waals surface area contributed by atoms with E-state index in [-0.39, 0.29) is 19.1 Å². The van der Waals surface area contributed by atoms with Crippen LogP contribution in [0.4, 0.5) is 0 Å². The van der Waals surface area contributed by atoms with Crippen LogP contribution < -0.4 is 4.74 Å². The van der Waals surface area contributed by atoms with E-state index in [0.717, 1.165) is 0 Å². The summed E-state index contributed by atoms with van der Waals surface area (Å²) in [5, 5.41) is 0. The zero-order valence-corrected chi connectivity index (χ0v) is 12.6. The fraction of sp³-hybridized carbons (Fsp3) is 0.400. The smallest absolute Gasteiger partial charge is 0.330 e. The second kappa shape index (κ2) is 6.93. The number of methoxy groups -OCH3 is 1. The number of fused-ring (bicyclic) bond motifs is 1. The molecule has 0 fully saturated rings. The van der Waals surface area contributed by atoms with Crippen LogP contribution in [-0.4, -0.2) is 37.2 Å². The molecule has 0 spiro atoms. The third kappa shape index (κ3) is 3.03. The maximum atomic E-state index is 12.0. The summed E-state index contributed by atoms with van der Waals surface area (Å²) in [4.78, 5) is 28.3. The Morgan fingerprint density at radius 3 is 2.36 bits per heavy atom. The summed E-state index contributed by atoms with van der Waals surface area (Å²) < 4.78 is 20.5. The molecular weight excluding hydrogens is 290 g/mol. The summed E-state index contributed by atoms with van der Waals surface area (Å²) in [6.07, 6.45) is 0. The molecule has 0 atom stereocenters. The van der Waals surface area contributed by atoms with E-state index in [0.29, 0.717) is 16.8 Å². The van der Waals surface area contributed by atoms with Gasteiger partial charge in [0.05, 0.1) is 20.3 Å². The number of ether oxygens (including phenoxy) is 3. The number of hydrogen-bond donors (Lipinski definition) is 0. The molecule has 0 saturated carbocycles. The molecular formula is C15H17NO6. The molecule has 1 heterocycles. The van der Waals surface area contributed by atoms with Gasteiger partial charge in [0.25, 0.3) is 0 Å². The fourth-order valence-electron chi connectivity index (χ4n) is 1.98. The summed E-state index contributed by atoms with van der Waals surface area (Å²) in [6.45, 7) is 3.57. The molecule has 0 radical (unpaired) electrons. The number of nitrogens with zero attached hydrogens (tertiary/aromatic N) is 1. The van der Waals surface area contributed by atoms with Gasteiger partial charge < -0.3 is 18.6 Å². The van der Waals surface area contributed by atoms with E-state index in [9.17, 15) is 9.59 Å². The molecule has 1 aromatic heterocycles. The van der Waals surface area contributed by atoms with E-state index >= 15 is 0 Å². The highest BCUT2D eigenvalue weighted by molar-refractivity contribution is 6.00. The quantitative estimate of drug-likeness (QED) is 0.596. The molecule has 1 aromatic carbocycles. The summed E-state index contributed by atoms with van der Waals surface area (Å²) in [5.74, 6) is -2.45. The van der Waals surface area contributed by atoms with Gasteiger partial charge in [-0.25, -0.2) is 4.98 Å². The maximum Gasteiger partial charge on any atom is 0.330 e. The predicted molar refractivity (Wildman–Crippen MR) is 76.6 cm³/mol. The minimum atomic E-state index is -1.35. The van der Waals surface area contributed by atoms with Crippen LogP contribution in [0, 0.1) is 0 Å². The maximum absolute atomic E-state index is 12.0. The molecule has 22 heavy (non-hydrogen) atoms. The van der Waals surface area contributed by atoms with Crippen molar-refractivity contribution in [3.8, 4) is 5.75 Å². The van der Waals surface area contributed by atoms with Crippen LogP contribution in [0.3, 0.4) is 0 Å². The number of rotatable bonds is 6. The van der Waals surface area contributed by atoms with Crippen molar-refractivity contribution in [2.75, 3.05) is 20.3 Å². The molecule has 7 heteroatoms. The van der Waals surface area contributed by atoms with Gasteiger partial charge in [0.1, 0.15) is 5.75 Å². The Morgan fingerprint density at radius 2 is 1.82 bits per heavy atom. The van der Waals surface area contributed by atoms with Crippen LogP contribution in [0.5, 0.6) is 5.75 Å². The van der Waals surface area contributed by atoms with Crippen molar-refractivity contribution in [1.82, 2.24) is 4.98 Å². The highest BCUT2D eigenvalue weighted by atomic mass is 16.6. The van der Waals surface area contributed by atoms with Gasteiger partial charge in [-0.1, -0.05) is 6.07 Å². The molecule has 2 aromatic rings. The van der Waals surface area contributed by atoms with Gasteiger partial charge in [0.15, 0.2) is 11.1 Å². The van der Waals surface area contributed by atoms with Crippen molar-refractivity contribution in [1.29, 1.82) is 0 Å². The zero-order valence-electron chi connectivity index (χ0n) is 12.6. The second-order valence-electron chi connectivity index (χ2n) is 4.30. The molecule has 118 valence electrons. The highest BCUT2D eigenvalue weighted by Gasteiger charge is 2.36. The van der Waals surface area contributed by atoms with Crippen LogP contribution in [0.1, 0.15) is 25.7 Å². The van der Waals surface area contributed by atoms with Gasteiger partial charge in [0.2, 0.25) is 11.8 Å². The molecule has 2 rings (SSSR count). The molecule has 0 amide bonds. The van der Waals surface area contributed by atoms with Gasteiger partial charge in [-0.15, -0.1) is 0 Å². The molecule has 0 aliphatic rings. The predicted octanol–water partition coefficient (Wildman–Crippen LogP) is 2.05. The number of carbonyl (C=O) groups excluding carboxylic acids is 2. The standard InChI is InChI=1S/C15H17NO6/c1-4-20-14(17)11(15(18)21-5-2)13-16-12-9(19-3)7-6-8-10(12)22-13/h6-8,11H,4-5H2,1-3H3. The van der Waals surface area contributed by atoms with Gasteiger partial charge in [0, 0.05) is 0 Å². The summed E-state index contributed by atoms with van der Waals surface area (Å²) in [5.41, 5.74) is 0.839. The van der Waals surface area contributed by atoms with Crippen LogP contribution in [0.2, 0.25) is 0 Å². The number of hydrogen-bond acceptors (Lipinski definition) is 7. The Kier molecular flexibility index (Phi) is 4.98. The number of carbonyl (C=O) groups is 2. The largest absolute Gasteiger partial charge is 0.494 e. The third-order valence-electron chi connectivity index (χ3n) is 2.91. The number of oxazole rings is 1. The first-order valence-corrected chi connectivity index (χ1v) is 6.89. The van der Waals surface area contributed by atoms with E-state index < -0.39 is 17.9 Å². The molecule has 0 aliphatic carbocycles. The van der Waals surface area contributed by atoms with Crippen molar-refractivity contribution in [2.24, 2.45) is 0 Å². The normalized spacial score (nSPS) is 10.7. The van der Waals surface area contributed by atoms with Gasteiger partial charge in [-0.05, 0) is 26.0 Å². The monoisotopic (exact) mass is 307 g/mol. The highest BCUT2D eigenvalue weighted by Crippen LogP contribution is 2.29. The number of benzene rings is 1. The average Bonchev–Trinajstić information content (AvgIpc) is 2.91. The summed E-state index contributed by atoms with van der Waals surface area (Å²) >= 11 is 0. The Balaban J connectivity index is 2.47. The van der Waals surface area contributed by atoms with E-state index in [1.54, 1.807) is 32.0 Å². The lowest BCUT2D eigenvalue weighted by Crippen LogP contribution is -2.26. The van der Waals surface area contributed by atoms with Crippen LogP contribution >= 0.6 is 0 Å². The summed E-state index contributed by atoms with van der Waals surface area (Å²) in [7, 11) is 1.50. The lowest BCUT2D eigenvalue weighted by atomic mass is 10.1. The van der Waals surface area contributed by atoms with Crippen molar-refractivity contribution in [3.05, 3.63) is 24.1 Å². The SMILES string of the molecule is CCOC(=O)C(C(=O)OCC)c1nc2c(OC)cccc2o1. The first kappa shape index (κ1) is 15.8. The lowest BCUT2D eigenvalue weighted by Gasteiger charge is -2.10. The van der Waals surface area contributed by atoms with Crippen LogP contribution in [-0.2, 0) is 19.1 Å². The minimum Gasteiger partial charge on any atom is -0.494 e. The number of para-hydroxylation sites is 1. The van der Waals surface area contributed by atoms with E-state index in [2.05, 4.69) is 4.98 Å². The molecule has 7 nitrogen and oxygen atoms in total. The molecule has 0 unspecified atom stereocenters. The van der Waals surface area contributed by atoms with E-state index in [1.807, 2.05) is 0 Å². The Hall–Kier alpha value is -2.57. The van der Waals surface area contributed by atoms with Crippen LogP contribution in [0.25, 0.3) is 11.1 Å². The fourth-order valence-corrected chi connectivity index (χ4v) is 1.98. The Morgan fingerprint density at radius 1 is 1.18 bits per heavy atom. The molecule has 0 saturated heterocycles. The average molecular weight is 307 g/mol. The Labute approximate surface area is 127 Å². The molecule has 0 bridgehead atoms. The van der Waals surface area contributed by atoms with Gasteiger partial charge in [-0.2, -0.15) is 0 Å². The van der Waals surface area contributed by atoms with Crippen molar-refractivity contribution < 1.29 is 28.2 Å². The van der Waals surface area contributed by atoms with Gasteiger partial charge in [-0.3, -0.25) is 9.59 Å². The van der Waals surface area contributed by atoms with Crippen molar-refractivity contribution in [3.63, 3.8) is 0 Å². The topological polar surface area (TPSA) is 87.9 Å². The molecule has 0 N–H and O–H groups in total. The van der Waals surface area contributed by atoms with Crippen molar-refractivity contribution >= 4 is 23.0 Å².